The van der Waals surface area contributed by atoms with Crippen molar-refractivity contribution in [1.82, 2.24) is 15.8 Å². The quantitative estimate of drug-likeness (QED) is 0.624. The van der Waals surface area contributed by atoms with Crippen molar-refractivity contribution in [3.8, 4) is 11.5 Å². The highest BCUT2D eigenvalue weighted by Gasteiger charge is 2.56. The average Bonchev–Trinajstić information content (AvgIpc) is 3.39. The van der Waals surface area contributed by atoms with Crippen LogP contribution in [0.4, 0.5) is 5.69 Å². The maximum absolute atomic E-state index is 13.6. The summed E-state index contributed by atoms with van der Waals surface area (Å²) in [5.74, 6) is 1.61. The molecule has 2 saturated heterocycles. The SMILES string of the molecule is CCOc1ccc(N2C(=O)C3NNC(c4ccc(OC)cc4)C3C2c2cccnc2)cc1. The van der Waals surface area contributed by atoms with Gasteiger partial charge >= 0.3 is 0 Å². The van der Waals surface area contributed by atoms with E-state index in [0.717, 1.165) is 28.3 Å². The maximum Gasteiger partial charge on any atom is 0.246 e. The van der Waals surface area contributed by atoms with Crippen molar-refractivity contribution in [3.63, 3.8) is 0 Å². The van der Waals surface area contributed by atoms with Gasteiger partial charge in [-0.05, 0) is 60.5 Å². The Kier molecular flexibility index (Phi) is 5.51. The number of rotatable bonds is 6. The number of ether oxygens (including phenoxy) is 2. The number of fused-ring (bicyclic) bond motifs is 1. The average molecular weight is 431 g/mol. The Hall–Kier alpha value is -3.42. The van der Waals surface area contributed by atoms with E-state index in [-0.39, 0.29) is 30.0 Å². The van der Waals surface area contributed by atoms with Gasteiger partial charge in [-0.1, -0.05) is 18.2 Å². The molecule has 2 aliphatic rings. The fraction of sp³-hybridized carbons (Fsp3) is 0.280. The van der Waals surface area contributed by atoms with Crippen LogP contribution >= 0.6 is 0 Å². The maximum atomic E-state index is 13.6. The van der Waals surface area contributed by atoms with Crippen LogP contribution in [-0.4, -0.2) is 30.6 Å². The molecule has 1 amide bonds. The largest absolute Gasteiger partial charge is 0.497 e. The second-order valence-electron chi connectivity index (χ2n) is 7.96. The molecule has 0 aliphatic carbocycles. The Labute approximate surface area is 187 Å². The van der Waals surface area contributed by atoms with Crippen molar-refractivity contribution in [2.75, 3.05) is 18.6 Å². The molecule has 32 heavy (non-hydrogen) atoms. The van der Waals surface area contributed by atoms with Gasteiger partial charge in [-0.3, -0.25) is 9.78 Å². The van der Waals surface area contributed by atoms with Crippen molar-refractivity contribution in [2.24, 2.45) is 5.92 Å². The number of anilines is 1. The smallest absolute Gasteiger partial charge is 0.246 e. The monoisotopic (exact) mass is 430 g/mol. The molecule has 7 nitrogen and oxygen atoms in total. The highest BCUT2D eigenvalue weighted by Crippen LogP contribution is 2.48. The molecule has 0 saturated carbocycles. The fourth-order valence-corrected chi connectivity index (χ4v) is 4.81. The first-order chi connectivity index (χ1) is 15.7. The second kappa shape index (κ2) is 8.61. The molecular weight excluding hydrogens is 404 g/mol. The Bertz CT molecular complexity index is 1070. The third kappa shape index (κ3) is 3.49. The molecule has 2 N–H and O–H groups in total. The van der Waals surface area contributed by atoms with Gasteiger partial charge in [0.2, 0.25) is 5.91 Å². The number of methoxy groups -OCH3 is 1. The molecule has 0 radical (unpaired) electrons. The predicted octanol–water partition coefficient (Wildman–Crippen LogP) is 3.41. The number of hydrogen-bond donors (Lipinski definition) is 2. The molecule has 164 valence electrons. The molecule has 0 spiro atoms. The minimum atomic E-state index is -0.348. The van der Waals surface area contributed by atoms with Crippen molar-refractivity contribution >= 4 is 11.6 Å². The van der Waals surface area contributed by atoms with Crippen LogP contribution in [0.15, 0.2) is 73.1 Å². The first kappa shape index (κ1) is 20.5. The number of aromatic nitrogens is 1. The summed E-state index contributed by atoms with van der Waals surface area (Å²) in [4.78, 5) is 19.8. The zero-order valence-electron chi connectivity index (χ0n) is 18.1. The Morgan fingerprint density at radius 1 is 0.938 bits per heavy atom. The van der Waals surface area contributed by atoms with Crippen molar-refractivity contribution in [1.29, 1.82) is 0 Å². The first-order valence-corrected chi connectivity index (χ1v) is 10.8. The summed E-state index contributed by atoms with van der Waals surface area (Å²) < 4.78 is 10.9. The third-order valence-electron chi connectivity index (χ3n) is 6.24. The van der Waals surface area contributed by atoms with Crippen LogP contribution in [0.25, 0.3) is 0 Å². The molecule has 4 atom stereocenters. The van der Waals surface area contributed by atoms with Gasteiger partial charge in [0.1, 0.15) is 17.5 Å². The lowest BCUT2D eigenvalue weighted by molar-refractivity contribution is -0.119. The van der Waals surface area contributed by atoms with Crippen LogP contribution < -0.4 is 25.2 Å². The van der Waals surface area contributed by atoms with Gasteiger partial charge in [0.15, 0.2) is 0 Å². The van der Waals surface area contributed by atoms with Gasteiger partial charge < -0.3 is 14.4 Å². The second-order valence-corrected chi connectivity index (χ2v) is 7.96. The molecule has 2 aliphatic heterocycles. The summed E-state index contributed by atoms with van der Waals surface area (Å²) in [5, 5.41) is 0. The molecule has 2 fully saturated rings. The minimum absolute atomic E-state index is 0.0216. The lowest BCUT2D eigenvalue weighted by Gasteiger charge is -2.31. The molecule has 4 unspecified atom stereocenters. The van der Waals surface area contributed by atoms with Crippen LogP contribution in [0.3, 0.4) is 0 Å². The number of amides is 1. The number of benzene rings is 2. The lowest BCUT2D eigenvalue weighted by atomic mass is 9.84. The van der Waals surface area contributed by atoms with E-state index < -0.39 is 0 Å². The van der Waals surface area contributed by atoms with Gasteiger partial charge in [-0.25, -0.2) is 10.9 Å². The first-order valence-electron chi connectivity index (χ1n) is 10.8. The van der Waals surface area contributed by atoms with Crippen molar-refractivity contribution in [2.45, 2.75) is 25.0 Å². The van der Waals surface area contributed by atoms with Gasteiger partial charge in [0.25, 0.3) is 0 Å². The van der Waals surface area contributed by atoms with Crippen molar-refractivity contribution < 1.29 is 14.3 Å². The minimum Gasteiger partial charge on any atom is -0.497 e. The zero-order chi connectivity index (χ0) is 22.1. The summed E-state index contributed by atoms with van der Waals surface area (Å²) in [7, 11) is 1.66. The van der Waals surface area contributed by atoms with E-state index in [1.165, 1.54) is 0 Å². The van der Waals surface area contributed by atoms with Gasteiger partial charge in [-0.15, -0.1) is 0 Å². The molecule has 2 aromatic carbocycles. The van der Waals surface area contributed by atoms with E-state index in [4.69, 9.17) is 9.47 Å². The van der Waals surface area contributed by atoms with Crippen LogP contribution in [0.5, 0.6) is 11.5 Å². The normalized spacial score (nSPS) is 24.4. The Morgan fingerprint density at radius 2 is 1.66 bits per heavy atom. The molecule has 5 rings (SSSR count). The van der Waals surface area contributed by atoms with Crippen LogP contribution in [0.1, 0.15) is 30.1 Å². The zero-order valence-corrected chi connectivity index (χ0v) is 18.1. The van der Waals surface area contributed by atoms with E-state index in [0.29, 0.717) is 6.61 Å². The predicted molar refractivity (Wildman–Crippen MR) is 121 cm³/mol. The standard InChI is InChI=1S/C25H26N4O3/c1-3-32-20-12-8-18(9-13-20)29-24(17-5-4-14-26-15-17)21-22(27-28-23(21)25(29)30)16-6-10-19(31-2)11-7-16/h4-15,21-24,27-28H,3H2,1-2H3. The number of nitrogens with zero attached hydrogens (tertiary/aromatic N) is 2. The number of pyridine rings is 1. The number of carbonyl (C=O) groups excluding carboxylic acids is 1. The summed E-state index contributed by atoms with van der Waals surface area (Å²) in [6.45, 7) is 2.55. The van der Waals surface area contributed by atoms with E-state index in [9.17, 15) is 4.79 Å². The van der Waals surface area contributed by atoms with E-state index in [1.807, 2.05) is 78.7 Å². The molecular formula is C25H26N4O3. The summed E-state index contributed by atoms with van der Waals surface area (Å²) in [5.41, 5.74) is 9.57. The number of carbonyl (C=O) groups is 1. The Morgan fingerprint density at radius 3 is 2.31 bits per heavy atom. The van der Waals surface area contributed by atoms with E-state index in [1.54, 1.807) is 13.3 Å². The summed E-state index contributed by atoms with van der Waals surface area (Å²) in [6.07, 6.45) is 3.61. The topological polar surface area (TPSA) is 75.7 Å². The molecule has 7 heteroatoms. The highest BCUT2D eigenvalue weighted by atomic mass is 16.5. The van der Waals surface area contributed by atoms with E-state index in [2.05, 4.69) is 15.8 Å². The summed E-state index contributed by atoms with van der Waals surface area (Å²) >= 11 is 0. The van der Waals surface area contributed by atoms with E-state index >= 15 is 0 Å². The Balaban J connectivity index is 1.55. The number of nitrogens with one attached hydrogen (secondary N) is 2. The third-order valence-corrected chi connectivity index (χ3v) is 6.24. The fourth-order valence-electron chi connectivity index (χ4n) is 4.81. The molecule has 3 heterocycles. The van der Waals surface area contributed by atoms with Gasteiger partial charge in [-0.2, -0.15) is 0 Å². The lowest BCUT2D eigenvalue weighted by Crippen LogP contribution is -2.41. The van der Waals surface area contributed by atoms with Crippen LogP contribution in [-0.2, 0) is 4.79 Å². The molecule has 1 aromatic heterocycles. The molecule has 0 bridgehead atoms. The summed E-state index contributed by atoms with van der Waals surface area (Å²) in [6, 6.07) is 19.1. The van der Waals surface area contributed by atoms with Gasteiger partial charge in [0, 0.05) is 24.0 Å². The molecule has 3 aromatic rings. The van der Waals surface area contributed by atoms with Gasteiger partial charge in [0.05, 0.1) is 25.8 Å². The van der Waals surface area contributed by atoms with Crippen molar-refractivity contribution in [3.05, 3.63) is 84.2 Å². The van der Waals surface area contributed by atoms with Crippen LogP contribution in [0.2, 0.25) is 0 Å². The van der Waals surface area contributed by atoms with Crippen LogP contribution in [0, 0.1) is 5.92 Å². The number of hydrogen-bond acceptors (Lipinski definition) is 6. The highest BCUT2D eigenvalue weighted by molar-refractivity contribution is 6.01. The number of hydrazine groups is 1.